The Morgan fingerprint density at radius 3 is 2.50 bits per heavy atom. The molecule has 2 N–H and O–H groups in total. The number of ether oxygens (including phenoxy) is 2. The monoisotopic (exact) mass is 357 g/mol. The van der Waals surface area contributed by atoms with Crippen LogP contribution in [-0.4, -0.2) is 36.2 Å². The Balaban J connectivity index is 1.96. The summed E-state index contributed by atoms with van der Waals surface area (Å²) in [6.45, 7) is 2.44. The van der Waals surface area contributed by atoms with Gasteiger partial charge in [-0.25, -0.2) is 4.79 Å². The van der Waals surface area contributed by atoms with Crippen LogP contribution in [-0.2, 0) is 27.4 Å². The standard InChI is InChI=1S/C20H23NO5/c1-2-25-14-19(22)21-18(20(23)24)12-16-9-6-10-17(11-16)26-13-15-7-4-3-5-8-15/h3-11,18H,2,12-14H2,1H3,(H,21,22)(H,23,24)/t18-/m0/s1. The topological polar surface area (TPSA) is 84.9 Å². The number of carbonyl (C=O) groups is 2. The van der Waals surface area contributed by atoms with E-state index in [1.807, 2.05) is 36.4 Å². The molecule has 0 saturated heterocycles. The third-order valence-corrected chi connectivity index (χ3v) is 3.66. The van der Waals surface area contributed by atoms with Gasteiger partial charge in [-0.2, -0.15) is 0 Å². The van der Waals surface area contributed by atoms with Crippen LogP contribution in [0.4, 0.5) is 0 Å². The second kappa shape index (κ2) is 10.2. The van der Waals surface area contributed by atoms with E-state index in [9.17, 15) is 14.7 Å². The Morgan fingerprint density at radius 1 is 1.08 bits per heavy atom. The third kappa shape index (κ3) is 6.57. The third-order valence-electron chi connectivity index (χ3n) is 3.66. The molecule has 0 bridgehead atoms. The number of carboxylic acids is 1. The van der Waals surface area contributed by atoms with Gasteiger partial charge in [0.15, 0.2) is 0 Å². The second-order valence-electron chi connectivity index (χ2n) is 5.72. The van der Waals surface area contributed by atoms with Crippen molar-refractivity contribution in [3.05, 3.63) is 65.7 Å². The van der Waals surface area contributed by atoms with Gasteiger partial charge >= 0.3 is 5.97 Å². The Bertz CT molecular complexity index is 717. The molecule has 0 fully saturated rings. The van der Waals surface area contributed by atoms with E-state index in [-0.39, 0.29) is 13.0 Å². The summed E-state index contributed by atoms with van der Waals surface area (Å²) in [6.07, 6.45) is 0.162. The zero-order chi connectivity index (χ0) is 18.8. The molecule has 26 heavy (non-hydrogen) atoms. The van der Waals surface area contributed by atoms with Crippen molar-refractivity contribution in [3.8, 4) is 5.75 Å². The van der Waals surface area contributed by atoms with Crippen molar-refractivity contribution < 1.29 is 24.2 Å². The van der Waals surface area contributed by atoms with Gasteiger partial charge in [-0.3, -0.25) is 4.79 Å². The number of carboxylic acid groups (broad SMARTS) is 1. The van der Waals surface area contributed by atoms with E-state index < -0.39 is 17.9 Å². The SMILES string of the molecule is CCOCC(=O)N[C@@H](Cc1cccc(OCc2ccccc2)c1)C(=O)O. The molecule has 0 aliphatic heterocycles. The summed E-state index contributed by atoms with van der Waals surface area (Å²) in [5.41, 5.74) is 1.81. The summed E-state index contributed by atoms with van der Waals surface area (Å²) >= 11 is 0. The average Bonchev–Trinajstić information content (AvgIpc) is 2.65. The van der Waals surface area contributed by atoms with Gasteiger partial charge < -0.3 is 19.9 Å². The van der Waals surface area contributed by atoms with E-state index in [2.05, 4.69) is 5.32 Å². The molecule has 0 aliphatic rings. The normalized spacial score (nSPS) is 11.6. The number of carbonyl (C=O) groups excluding carboxylic acids is 1. The van der Waals surface area contributed by atoms with Crippen LogP contribution in [0.15, 0.2) is 54.6 Å². The van der Waals surface area contributed by atoms with Crippen LogP contribution in [0, 0.1) is 0 Å². The smallest absolute Gasteiger partial charge is 0.326 e. The average molecular weight is 357 g/mol. The maximum atomic E-state index is 11.7. The van der Waals surface area contributed by atoms with Gasteiger partial charge in [0, 0.05) is 13.0 Å². The molecule has 0 unspecified atom stereocenters. The molecule has 0 radical (unpaired) electrons. The van der Waals surface area contributed by atoms with Crippen LogP contribution in [0.2, 0.25) is 0 Å². The molecule has 138 valence electrons. The minimum Gasteiger partial charge on any atom is -0.489 e. The molecule has 6 nitrogen and oxygen atoms in total. The summed E-state index contributed by atoms with van der Waals surface area (Å²) in [6, 6.07) is 16.0. The molecule has 6 heteroatoms. The molecule has 0 spiro atoms. The highest BCUT2D eigenvalue weighted by Gasteiger charge is 2.20. The number of nitrogens with one attached hydrogen (secondary N) is 1. The van der Waals surface area contributed by atoms with Crippen LogP contribution in [0.1, 0.15) is 18.1 Å². The molecule has 0 aromatic heterocycles. The van der Waals surface area contributed by atoms with Gasteiger partial charge in [-0.05, 0) is 30.2 Å². The molecule has 1 atom stereocenters. The molecule has 2 rings (SSSR count). The predicted octanol–water partition coefficient (Wildman–Crippen LogP) is 2.41. The number of amides is 1. The fourth-order valence-corrected chi connectivity index (χ4v) is 2.37. The lowest BCUT2D eigenvalue weighted by Gasteiger charge is -2.15. The van der Waals surface area contributed by atoms with Crippen molar-refractivity contribution in [2.75, 3.05) is 13.2 Å². The minimum absolute atomic E-state index is 0.152. The van der Waals surface area contributed by atoms with Crippen LogP contribution >= 0.6 is 0 Å². The van der Waals surface area contributed by atoms with E-state index >= 15 is 0 Å². The molecule has 2 aromatic rings. The van der Waals surface area contributed by atoms with E-state index in [0.717, 1.165) is 11.1 Å². The van der Waals surface area contributed by atoms with Crippen molar-refractivity contribution in [2.45, 2.75) is 26.0 Å². The quantitative estimate of drug-likeness (QED) is 0.682. The fraction of sp³-hybridized carbons (Fsp3) is 0.300. The summed E-state index contributed by atoms with van der Waals surface area (Å²) in [7, 11) is 0. The second-order valence-corrected chi connectivity index (χ2v) is 5.72. The van der Waals surface area contributed by atoms with Gasteiger partial charge in [0.05, 0.1) is 0 Å². The molecular weight excluding hydrogens is 334 g/mol. The van der Waals surface area contributed by atoms with Crippen LogP contribution in [0.5, 0.6) is 5.75 Å². The number of hydrogen-bond acceptors (Lipinski definition) is 4. The highest BCUT2D eigenvalue weighted by atomic mass is 16.5. The lowest BCUT2D eigenvalue weighted by molar-refractivity contribution is -0.142. The van der Waals surface area contributed by atoms with Gasteiger partial charge in [0.25, 0.3) is 0 Å². The summed E-state index contributed by atoms with van der Waals surface area (Å²) < 4.78 is 10.7. The van der Waals surface area contributed by atoms with E-state index in [4.69, 9.17) is 9.47 Å². The minimum atomic E-state index is -1.09. The first-order valence-electron chi connectivity index (χ1n) is 8.44. The van der Waals surface area contributed by atoms with E-state index in [1.165, 1.54) is 0 Å². The van der Waals surface area contributed by atoms with Crippen molar-refractivity contribution in [1.82, 2.24) is 5.32 Å². The highest BCUT2D eigenvalue weighted by molar-refractivity contribution is 5.84. The molecular formula is C20H23NO5. The number of hydrogen-bond donors (Lipinski definition) is 2. The Kier molecular flexibility index (Phi) is 7.64. The molecule has 0 aliphatic carbocycles. The summed E-state index contributed by atoms with van der Waals surface area (Å²) in [5, 5.41) is 11.8. The van der Waals surface area contributed by atoms with Gasteiger partial charge in [-0.15, -0.1) is 0 Å². The fourth-order valence-electron chi connectivity index (χ4n) is 2.37. The van der Waals surface area contributed by atoms with Crippen LogP contribution < -0.4 is 10.1 Å². The molecule has 2 aromatic carbocycles. The molecule has 1 amide bonds. The van der Waals surface area contributed by atoms with Gasteiger partial charge in [0.1, 0.15) is 25.0 Å². The van der Waals surface area contributed by atoms with Gasteiger partial charge in [0.2, 0.25) is 5.91 Å². The van der Waals surface area contributed by atoms with E-state index in [1.54, 1.807) is 25.1 Å². The van der Waals surface area contributed by atoms with Crippen molar-refractivity contribution in [2.24, 2.45) is 0 Å². The lowest BCUT2D eigenvalue weighted by Crippen LogP contribution is -2.43. The lowest BCUT2D eigenvalue weighted by atomic mass is 10.1. The first kappa shape index (κ1) is 19.5. The summed E-state index contributed by atoms with van der Waals surface area (Å²) in [5.74, 6) is -0.891. The number of aliphatic carboxylic acids is 1. The Labute approximate surface area is 152 Å². The maximum absolute atomic E-state index is 11.7. The van der Waals surface area contributed by atoms with E-state index in [0.29, 0.717) is 19.0 Å². The molecule has 0 saturated carbocycles. The van der Waals surface area contributed by atoms with Crippen LogP contribution in [0.3, 0.4) is 0 Å². The largest absolute Gasteiger partial charge is 0.489 e. The first-order chi connectivity index (χ1) is 12.6. The van der Waals surface area contributed by atoms with Gasteiger partial charge in [-0.1, -0.05) is 42.5 Å². The number of rotatable bonds is 10. The summed E-state index contributed by atoms with van der Waals surface area (Å²) in [4.78, 5) is 23.1. The van der Waals surface area contributed by atoms with Crippen molar-refractivity contribution >= 4 is 11.9 Å². The first-order valence-corrected chi connectivity index (χ1v) is 8.44. The van der Waals surface area contributed by atoms with Crippen LogP contribution in [0.25, 0.3) is 0 Å². The van der Waals surface area contributed by atoms with Crippen molar-refractivity contribution in [1.29, 1.82) is 0 Å². The number of benzene rings is 2. The Hall–Kier alpha value is -2.86. The zero-order valence-electron chi connectivity index (χ0n) is 14.7. The Morgan fingerprint density at radius 2 is 1.81 bits per heavy atom. The highest BCUT2D eigenvalue weighted by Crippen LogP contribution is 2.16. The maximum Gasteiger partial charge on any atom is 0.326 e. The zero-order valence-corrected chi connectivity index (χ0v) is 14.7. The van der Waals surface area contributed by atoms with Crippen molar-refractivity contribution in [3.63, 3.8) is 0 Å². The predicted molar refractivity (Wildman–Crippen MR) is 97.0 cm³/mol. The molecule has 0 heterocycles.